The Hall–Kier alpha value is -0.530. The maximum Gasteiger partial charge on any atom is 0.220 e. The maximum atomic E-state index is 11.8. The van der Waals surface area contributed by atoms with Gasteiger partial charge >= 0.3 is 0 Å². The molecule has 22 heavy (non-hydrogen) atoms. The summed E-state index contributed by atoms with van der Waals surface area (Å²) in [6, 6.07) is 0. The van der Waals surface area contributed by atoms with E-state index < -0.39 is 0 Å². The van der Waals surface area contributed by atoms with E-state index in [1.165, 1.54) is 25.7 Å². The molecule has 5 nitrogen and oxygen atoms in total. The summed E-state index contributed by atoms with van der Waals surface area (Å²) in [4.78, 5) is 16.3. The van der Waals surface area contributed by atoms with Gasteiger partial charge in [0.1, 0.15) is 0 Å². The summed E-state index contributed by atoms with van der Waals surface area (Å²) in [5, 5.41) is 9.46. The van der Waals surface area contributed by atoms with Gasteiger partial charge in [0, 0.05) is 32.6 Å². The molecule has 0 radical (unpaired) electrons. The molecule has 6 heteroatoms. The van der Waals surface area contributed by atoms with E-state index in [0.29, 0.717) is 25.4 Å². The van der Waals surface area contributed by atoms with Crippen LogP contribution >= 0.6 is 24.0 Å². The number of unbranched alkanes of at least 4 members (excludes halogenated alkanes) is 1. The minimum Gasteiger partial charge on any atom is -0.357 e. The number of amides is 1. The van der Waals surface area contributed by atoms with Crippen LogP contribution in [0.1, 0.15) is 58.8 Å². The Morgan fingerprint density at radius 3 is 2.41 bits per heavy atom. The molecular weight excluding hydrogens is 391 g/mol. The second-order valence-corrected chi connectivity index (χ2v) is 5.75. The number of carbonyl (C=O) groups is 1. The van der Waals surface area contributed by atoms with Crippen LogP contribution in [0.25, 0.3) is 0 Å². The van der Waals surface area contributed by atoms with Crippen LogP contribution in [0.2, 0.25) is 0 Å². The number of nitrogens with zero attached hydrogens (tertiary/aromatic N) is 1. The van der Waals surface area contributed by atoms with Crippen molar-refractivity contribution in [1.82, 2.24) is 16.0 Å². The molecule has 0 saturated heterocycles. The fourth-order valence-corrected chi connectivity index (χ4v) is 2.62. The molecule has 1 saturated carbocycles. The van der Waals surface area contributed by atoms with E-state index in [1.54, 1.807) is 0 Å². The van der Waals surface area contributed by atoms with E-state index in [9.17, 15) is 4.79 Å². The summed E-state index contributed by atoms with van der Waals surface area (Å²) < 4.78 is 0. The quantitative estimate of drug-likeness (QED) is 0.231. The Labute approximate surface area is 152 Å². The summed E-state index contributed by atoms with van der Waals surface area (Å²) in [5.41, 5.74) is 0. The van der Waals surface area contributed by atoms with Gasteiger partial charge in [-0.15, -0.1) is 24.0 Å². The van der Waals surface area contributed by atoms with E-state index >= 15 is 0 Å². The first kappa shape index (κ1) is 21.5. The molecule has 0 aromatic rings. The van der Waals surface area contributed by atoms with Gasteiger partial charge in [0.15, 0.2) is 5.96 Å². The summed E-state index contributed by atoms with van der Waals surface area (Å²) in [6.45, 7) is 7.29. The Morgan fingerprint density at radius 1 is 1.09 bits per heavy atom. The van der Waals surface area contributed by atoms with Gasteiger partial charge < -0.3 is 16.0 Å². The highest BCUT2D eigenvalue weighted by Crippen LogP contribution is 2.27. The third kappa shape index (κ3) is 10.2. The van der Waals surface area contributed by atoms with Crippen molar-refractivity contribution in [3.63, 3.8) is 0 Å². The molecule has 0 atom stereocenters. The van der Waals surface area contributed by atoms with Crippen LogP contribution in [0.4, 0.5) is 0 Å². The zero-order chi connectivity index (χ0) is 15.3. The van der Waals surface area contributed by atoms with Crippen LogP contribution in [0.3, 0.4) is 0 Å². The lowest BCUT2D eigenvalue weighted by Gasteiger charge is -2.13. The molecule has 0 aromatic heterocycles. The third-order valence-corrected chi connectivity index (χ3v) is 3.81. The fourth-order valence-electron chi connectivity index (χ4n) is 2.62. The van der Waals surface area contributed by atoms with Gasteiger partial charge in [-0.3, -0.25) is 9.79 Å². The van der Waals surface area contributed by atoms with Crippen LogP contribution in [-0.4, -0.2) is 38.0 Å². The second-order valence-electron chi connectivity index (χ2n) is 5.75. The smallest absolute Gasteiger partial charge is 0.220 e. The van der Waals surface area contributed by atoms with Crippen molar-refractivity contribution in [3.8, 4) is 0 Å². The highest BCUT2D eigenvalue weighted by Gasteiger charge is 2.17. The molecule has 0 spiro atoms. The third-order valence-electron chi connectivity index (χ3n) is 3.81. The average molecular weight is 424 g/mol. The van der Waals surface area contributed by atoms with E-state index in [1.807, 2.05) is 0 Å². The number of hydrogen-bond donors (Lipinski definition) is 3. The molecule has 1 aliphatic rings. The van der Waals surface area contributed by atoms with Gasteiger partial charge in [-0.2, -0.15) is 0 Å². The number of halogens is 1. The monoisotopic (exact) mass is 424 g/mol. The zero-order valence-electron chi connectivity index (χ0n) is 14.1. The van der Waals surface area contributed by atoms with Crippen LogP contribution in [0, 0.1) is 5.92 Å². The van der Waals surface area contributed by atoms with E-state index in [2.05, 4.69) is 34.8 Å². The molecule has 0 aromatic carbocycles. The first-order valence-corrected chi connectivity index (χ1v) is 8.55. The van der Waals surface area contributed by atoms with E-state index in [0.717, 1.165) is 31.9 Å². The molecule has 0 aliphatic heterocycles. The highest BCUT2D eigenvalue weighted by atomic mass is 127. The zero-order valence-corrected chi connectivity index (χ0v) is 16.4. The first-order chi connectivity index (χ1) is 10.3. The number of nitrogens with one attached hydrogen (secondary N) is 3. The summed E-state index contributed by atoms with van der Waals surface area (Å²) in [6.07, 6.45) is 7.99. The average Bonchev–Trinajstić information content (AvgIpc) is 2.96. The SMILES string of the molecule is CCCCN=C(NCC)NCCNC(=O)CC1CCCC1.I. The molecule has 1 amide bonds. The topological polar surface area (TPSA) is 65.5 Å². The van der Waals surface area contributed by atoms with Crippen molar-refractivity contribution in [2.75, 3.05) is 26.2 Å². The van der Waals surface area contributed by atoms with Crippen molar-refractivity contribution in [3.05, 3.63) is 0 Å². The van der Waals surface area contributed by atoms with Gasteiger partial charge in [-0.05, 0) is 32.1 Å². The molecule has 0 unspecified atom stereocenters. The molecule has 1 rings (SSSR count). The Bertz CT molecular complexity index is 317. The minimum absolute atomic E-state index is 0. The molecule has 1 fully saturated rings. The van der Waals surface area contributed by atoms with E-state index in [4.69, 9.17) is 0 Å². The Morgan fingerprint density at radius 2 is 1.77 bits per heavy atom. The Balaban J connectivity index is 0.00000441. The summed E-state index contributed by atoms with van der Waals surface area (Å²) >= 11 is 0. The molecular formula is C16H33IN4O. The molecule has 130 valence electrons. The van der Waals surface area contributed by atoms with Gasteiger partial charge in [-0.25, -0.2) is 0 Å². The molecule has 3 N–H and O–H groups in total. The maximum absolute atomic E-state index is 11.8. The second kappa shape index (κ2) is 14.1. The highest BCUT2D eigenvalue weighted by molar-refractivity contribution is 14.0. The lowest BCUT2D eigenvalue weighted by molar-refractivity contribution is -0.121. The molecule has 0 heterocycles. The van der Waals surface area contributed by atoms with Crippen LogP contribution < -0.4 is 16.0 Å². The fraction of sp³-hybridized carbons (Fsp3) is 0.875. The molecule has 0 bridgehead atoms. The summed E-state index contributed by atoms with van der Waals surface area (Å²) in [7, 11) is 0. The minimum atomic E-state index is 0. The van der Waals surface area contributed by atoms with Crippen molar-refractivity contribution in [1.29, 1.82) is 0 Å². The lowest BCUT2D eigenvalue weighted by Crippen LogP contribution is -2.41. The van der Waals surface area contributed by atoms with Crippen LogP contribution in [0.15, 0.2) is 4.99 Å². The number of carbonyl (C=O) groups excluding carboxylic acids is 1. The van der Waals surface area contributed by atoms with Crippen molar-refractivity contribution in [2.45, 2.75) is 58.8 Å². The number of rotatable bonds is 9. The predicted molar refractivity (Wildman–Crippen MR) is 104 cm³/mol. The van der Waals surface area contributed by atoms with E-state index in [-0.39, 0.29) is 29.9 Å². The standard InChI is InChI=1S/C16H32N4O.HI/c1-3-5-10-19-16(17-4-2)20-12-11-18-15(21)13-14-8-6-7-9-14;/h14H,3-13H2,1-2H3,(H,18,21)(H2,17,19,20);1H. The largest absolute Gasteiger partial charge is 0.357 e. The van der Waals surface area contributed by atoms with Gasteiger partial charge in [0.25, 0.3) is 0 Å². The first-order valence-electron chi connectivity index (χ1n) is 8.55. The Kier molecular flexibility index (Phi) is 13.7. The van der Waals surface area contributed by atoms with Crippen LogP contribution in [0.5, 0.6) is 0 Å². The number of hydrogen-bond acceptors (Lipinski definition) is 2. The predicted octanol–water partition coefficient (Wildman–Crippen LogP) is 2.66. The lowest BCUT2D eigenvalue weighted by atomic mass is 10.0. The van der Waals surface area contributed by atoms with Crippen molar-refractivity contribution >= 4 is 35.8 Å². The van der Waals surface area contributed by atoms with Gasteiger partial charge in [-0.1, -0.05) is 26.2 Å². The number of guanidine groups is 1. The van der Waals surface area contributed by atoms with Crippen molar-refractivity contribution < 1.29 is 4.79 Å². The van der Waals surface area contributed by atoms with Gasteiger partial charge in [0.05, 0.1) is 0 Å². The number of aliphatic imine (C=N–C) groups is 1. The molecule has 1 aliphatic carbocycles. The van der Waals surface area contributed by atoms with Crippen LogP contribution in [-0.2, 0) is 4.79 Å². The van der Waals surface area contributed by atoms with Crippen molar-refractivity contribution in [2.24, 2.45) is 10.9 Å². The normalized spacial score (nSPS) is 15.3. The summed E-state index contributed by atoms with van der Waals surface area (Å²) in [5.74, 6) is 1.65. The van der Waals surface area contributed by atoms with Gasteiger partial charge in [0.2, 0.25) is 5.91 Å².